The SMILES string of the molecule is COc1ccc(Cl)cc1NC(=O)CCSc1nc2ccccc2c(=O)n1-c1ccc(C#N)cc1. The topological polar surface area (TPSA) is 97.0 Å². The highest BCUT2D eigenvalue weighted by molar-refractivity contribution is 7.99. The predicted molar refractivity (Wildman–Crippen MR) is 134 cm³/mol. The molecule has 0 spiro atoms. The van der Waals surface area contributed by atoms with Gasteiger partial charge in [-0.25, -0.2) is 4.98 Å². The molecule has 7 nitrogen and oxygen atoms in total. The molecule has 0 bridgehead atoms. The summed E-state index contributed by atoms with van der Waals surface area (Å²) in [6, 6.07) is 20.9. The Morgan fingerprint density at radius 2 is 1.94 bits per heavy atom. The van der Waals surface area contributed by atoms with Gasteiger partial charge >= 0.3 is 0 Å². The lowest BCUT2D eigenvalue weighted by Crippen LogP contribution is -2.22. The van der Waals surface area contributed by atoms with Crippen molar-refractivity contribution in [2.75, 3.05) is 18.2 Å². The number of benzene rings is 3. The zero-order valence-electron chi connectivity index (χ0n) is 18.1. The van der Waals surface area contributed by atoms with E-state index in [4.69, 9.17) is 21.6 Å². The van der Waals surface area contributed by atoms with E-state index in [1.807, 2.05) is 6.07 Å². The molecule has 1 amide bonds. The number of hydrogen-bond acceptors (Lipinski definition) is 6. The molecule has 34 heavy (non-hydrogen) atoms. The summed E-state index contributed by atoms with van der Waals surface area (Å²) in [6.45, 7) is 0. The van der Waals surface area contributed by atoms with E-state index in [-0.39, 0.29) is 17.9 Å². The number of thioether (sulfide) groups is 1. The molecule has 0 aliphatic rings. The first kappa shape index (κ1) is 23.4. The van der Waals surface area contributed by atoms with Crippen LogP contribution in [0.1, 0.15) is 12.0 Å². The first-order valence-corrected chi connectivity index (χ1v) is 11.6. The summed E-state index contributed by atoms with van der Waals surface area (Å²) in [5.41, 5.74) is 1.94. The van der Waals surface area contributed by atoms with Crippen molar-refractivity contribution in [3.05, 3.63) is 87.7 Å². The number of nitrogens with one attached hydrogen (secondary N) is 1. The molecule has 0 unspecified atom stereocenters. The molecule has 4 rings (SSSR count). The fourth-order valence-corrected chi connectivity index (χ4v) is 4.47. The van der Waals surface area contributed by atoms with E-state index in [1.165, 1.54) is 23.4 Å². The molecule has 0 fully saturated rings. The summed E-state index contributed by atoms with van der Waals surface area (Å²) < 4.78 is 6.77. The normalized spacial score (nSPS) is 10.6. The van der Waals surface area contributed by atoms with E-state index in [1.54, 1.807) is 60.7 Å². The van der Waals surface area contributed by atoms with Crippen LogP contribution in [0.15, 0.2) is 76.7 Å². The first-order valence-electron chi connectivity index (χ1n) is 10.3. The molecule has 0 aliphatic heterocycles. The van der Waals surface area contributed by atoms with Crippen LogP contribution in [-0.4, -0.2) is 28.3 Å². The van der Waals surface area contributed by atoms with Crippen LogP contribution in [0.5, 0.6) is 5.75 Å². The molecule has 0 saturated carbocycles. The molecular weight excluding hydrogens is 472 g/mol. The smallest absolute Gasteiger partial charge is 0.266 e. The van der Waals surface area contributed by atoms with Gasteiger partial charge in [0.15, 0.2) is 5.16 Å². The predicted octanol–water partition coefficient (Wildman–Crippen LogP) is 5.04. The molecule has 4 aromatic rings. The second-order valence-electron chi connectivity index (χ2n) is 7.20. The number of rotatable bonds is 7. The van der Waals surface area contributed by atoms with Gasteiger partial charge in [-0.05, 0) is 54.6 Å². The van der Waals surface area contributed by atoms with Crippen molar-refractivity contribution in [1.82, 2.24) is 9.55 Å². The molecule has 9 heteroatoms. The summed E-state index contributed by atoms with van der Waals surface area (Å²) in [4.78, 5) is 30.5. The van der Waals surface area contributed by atoms with Gasteiger partial charge in [-0.3, -0.25) is 14.2 Å². The van der Waals surface area contributed by atoms with Crippen LogP contribution >= 0.6 is 23.4 Å². The highest BCUT2D eigenvalue weighted by Crippen LogP contribution is 2.28. The van der Waals surface area contributed by atoms with Crippen LogP contribution in [0.25, 0.3) is 16.6 Å². The molecule has 1 aromatic heterocycles. The van der Waals surface area contributed by atoms with Crippen molar-refractivity contribution in [3.8, 4) is 17.5 Å². The Bertz CT molecular complexity index is 1460. The average molecular weight is 491 g/mol. The van der Waals surface area contributed by atoms with Gasteiger partial charge < -0.3 is 10.1 Å². The molecule has 0 aliphatic carbocycles. The lowest BCUT2D eigenvalue weighted by atomic mass is 10.2. The molecule has 0 radical (unpaired) electrons. The van der Waals surface area contributed by atoms with Gasteiger partial charge in [0.05, 0.1) is 41.0 Å². The molecule has 0 atom stereocenters. The Morgan fingerprint density at radius 3 is 2.68 bits per heavy atom. The lowest BCUT2D eigenvalue weighted by molar-refractivity contribution is -0.115. The number of aromatic nitrogens is 2. The van der Waals surface area contributed by atoms with Crippen LogP contribution in [-0.2, 0) is 4.79 Å². The minimum absolute atomic E-state index is 0.177. The Labute approximate surface area is 205 Å². The van der Waals surface area contributed by atoms with Crippen LogP contribution in [0, 0.1) is 11.3 Å². The van der Waals surface area contributed by atoms with E-state index in [0.717, 1.165) is 0 Å². The number of hydrogen-bond donors (Lipinski definition) is 1. The van der Waals surface area contributed by atoms with E-state index in [2.05, 4.69) is 16.4 Å². The van der Waals surface area contributed by atoms with Gasteiger partial charge in [-0.2, -0.15) is 5.26 Å². The third-order valence-electron chi connectivity index (χ3n) is 5.00. The monoisotopic (exact) mass is 490 g/mol. The first-order chi connectivity index (χ1) is 16.5. The maximum atomic E-state index is 13.3. The standard InChI is InChI=1S/C25H19ClN4O3S/c1-33-22-11-8-17(26)14-21(22)28-23(31)12-13-34-25-29-20-5-3-2-4-19(20)24(32)30(25)18-9-6-16(15-27)7-10-18/h2-11,14H,12-13H2,1H3,(H,28,31). The number of nitriles is 1. The fraction of sp³-hybridized carbons (Fsp3) is 0.120. The summed E-state index contributed by atoms with van der Waals surface area (Å²) in [6.07, 6.45) is 0.177. The van der Waals surface area contributed by atoms with Crippen LogP contribution in [0.3, 0.4) is 0 Å². The largest absolute Gasteiger partial charge is 0.495 e. The van der Waals surface area contributed by atoms with Crippen LogP contribution < -0.4 is 15.6 Å². The summed E-state index contributed by atoms with van der Waals surface area (Å²) in [5, 5.41) is 13.3. The molecule has 1 heterocycles. The minimum Gasteiger partial charge on any atom is -0.495 e. The van der Waals surface area contributed by atoms with E-state index < -0.39 is 0 Å². The molecule has 3 aromatic carbocycles. The summed E-state index contributed by atoms with van der Waals surface area (Å²) >= 11 is 7.33. The highest BCUT2D eigenvalue weighted by Gasteiger charge is 2.15. The molecule has 0 saturated heterocycles. The van der Waals surface area contributed by atoms with Gasteiger partial charge in [0.25, 0.3) is 5.56 Å². The maximum Gasteiger partial charge on any atom is 0.266 e. The Balaban J connectivity index is 1.58. The zero-order valence-corrected chi connectivity index (χ0v) is 19.7. The number of fused-ring (bicyclic) bond motifs is 1. The second kappa shape index (κ2) is 10.4. The van der Waals surface area contributed by atoms with Crippen LogP contribution in [0.2, 0.25) is 5.02 Å². The van der Waals surface area contributed by atoms with Crippen molar-refractivity contribution in [1.29, 1.82) is 5.26 Å². The lowest BCUT2D eigenvalue weighted by Gasteiger charge is -2.14. The molecule has 1 N–H and O–H groups in total. The van der Waals surface area contributed by atoms with E-state index in [0.29, 0.717) is 49.5 Å². The number of halogens is 1. The zero-order chi connectivity index (χ0) is 24.1. The minimum atomic E-state index is -0.221. The quantitative estimate of drug-likeness (QED) is 0.288. The van der Waals surface area contributed by atoms with Crippen molar-refractivity contribution in [2.24, 2.45) is 0 Å². The fourth-order valence-electron chi connectivity index (χ4n) is 3.35. The Morgan fingerprint density at radius 1 is 1.18 bits per heavy atom. The third kappa shape index (κ3) is 5.06. The third-order valence-corrected chi connectivity index (χ3v) is 6.17. The Hall–Kier alpha value is -3.80. The van der Waals surface area contributed by atoms with Gasteiger partial charge in [0.1, 0.15) is 5.75 Å². The van der Waals surface area contributed by atoms with Crippen molar-refractivity contribution in [2.45, 2.75) is 11.6 Å². The van der Waals surface area contributed by atoms with Crippen LogP contribution in [0.4, 0.5) is 5.69 Å². The van der Waals surface area contributed by atoms with Gasteiger partial charge in [-0.1, -0.05) is 35.5 Å². The Kier molecular flexibility index (Phi) is 7.16. The number of para-hydroxylation sites is 1. The van der Waals surface area contributed by atoms with E-state index >= 15 is 0 Å². The second-order valence-corrected chi connectivity index (χ2v) is 8.70. The number of nitrogens with zero attached hydrogens (tertiary/aromatic N) is 3. The van der Waals surface area contributed by atoms with Gasteiger partial charge in [0, 0.05) is 17.2 Å². The van der Waals surface area contributed by atoms with Gasteiger partial charge in [-0.15, -0.1) is 0 Å². The maximum absolute atomic E-state index is 13.3. The van der Waals surface area contributed by atoms with Crippen molar-refractivity contribution in [3.63, 3.8) is 0 Å². The molecular formula is C25H19ClN4O3S. The number of carbonyl (C=O) groups excluding carboxylic acids is 1. The van der Waals surface area contributed by atoms with Crippen molar-refractivity contribution >= 4 is 45.9 Å². The number of amides is 1. The van der Waals surface area contributed by atoms with Gasteiger partial charge in [0.2, 0.25) is 5.91 Å². The number of carbonyl (C=O) groups is 1. The molecule has 170 valence electrons. The summed E-state index contributed by atoms with van der Waals surface area (Å²) in [5.74, 6) is 0.674. The average Bonchev–Trinajstić information content (AvgIpc) is 2.84. The highest BCUT2D eigenvalue weighted by atomic mass is 35.5. The summed E-state index contributed by atoms with van der Waals surface area (Å²) in [7, 11) is 1.52. The van der Waals surface area contributed by atoms with Crippen molar-refractivity contribution < 1.29 is 9.53 Å². The van der Waals surface area contributed by atoms with E-state index in [9.17, 15) is 9.59 Å². The number of methoxy groups -OCH3 is 1. The number of anilines is 1. The number of ether oxygens (including phenoxy) is 1.